The largest absolute Gasteiger partial charge is 0.472 e. The number of fused-ring (bicyclic) bond motifs is 1. The van der Waals surface area contributed by atoms with Crippen LogP contribution in [-0.2, 0) is 6.42 Å². The van der Waals surface area contributed by atoms with Crippen LogP contribution in [0, 0.1) is 0 Å². The summed E-state index contributed by atoms with van der Waals surface area (Å²) in [6.07, 6.45) is 6.31. The molecule has 16 heavy (non-hydrogen) atoms. The molecule has 0 saturated carbocycles. The zero-order valence-corrected chi connectivity index (χ0v) is 9.45. The molecule has 0 aliphatic heterocycles. The van der Waals surface area contributed by atoms with Crippen molar-refractivity contribution in [2.75, 3.05) is 0 Å². The van der Waals surface area contributed by atoms with E-state index in [0.717, 1.165) is 28.8 Å². The van der Waals surface area contributed by atoms with E-state index < -0.39 is 0 Å². The van der Waals surface area contributed by atoms with Gasteiger partial charge in [0.2, 0.25) is 0 Å². The summed E-state index contributed by atoms with van der Waals surface area (Å²) in [5.41, 5.74) is 5.14. The van der Waals surface area contributed by atoms with Crippen molar-refractivity contribution in [1.29, 1.82) is 0 Å². The first-order valence-corrected chi connectivity index (χ1v) is 5.40. The number of hydrogen-bond acceptors (Lipinski definition) is 3. The third-order valence-electron chi connectivity index (χ3n) is 2.83. The first-order valence-electron chi connectivity index (χ1n) is 5.02. The Morgan fingerprint density at radius 2 is 2.25 bits per heavy atom. The van der Waals surface area contributed by atoms with Crippen LogP contribution in [0.3, 0.4) is 0 Å². The van der Waals surface area contributed by atoms with E-state index in [0.29, 0.717) is 5.15 Å². The first-order chi connectivity index (χ1) is 7.77. The molecule has 2 heterocycles. The summed E-state index contributed by atoms with van der Waals surface area (Å²) in [4.78, 5) is 0. The standard InChI is InChI=1S/C12H9ClN2O/c1-7-2-3-9-10(7)12(13)15-14-11(9)8-4-5-16-6-8/h2,4-6H,3H2,1H3. The van der Waals surface area contributed by atoms with Crippen molar-refractivity contribution in [1.82, 2.24) is 10.2 Å². The minimum Gasteiger partial charge on any atom is -0.472 e. The second-order valence-electron chi connectivity index (χ2n) is 3.80. The second-order valence-corrected chi connectivity index (χ2v) is 4.15. The lowest BCUT2D eigenvalue weighted by Crippen LogP contribution is -1.97. The van der Waals surface area contributed by atoms with Crippen molar-refractivity contribution in [2.45, 2.75) is 13.3 Å². The summed E-state index contributed by atoms with van der Waals surface area (Å²) in [5, 5.41) is 8.62. The molecule has 0 aromatic carbocycles. The van der Waals surface area contributed by atoms with Crippen LogP contribution < -0.4 is 0 Å². The summed E-state index contributed by atoms with van der Waals surface area (Å²) >= 11 is 6.06. The van der Waals surface area contributed by atoms with Crippen LogP contribution >= 0.6 is 11.6 Å². The Bertz CT molecular complexity index is 573. The summed E-state index contributed by atoms with van der Waals surface area (Å²) < 4.78 is 5.07. The third kappa shape index (κ3) is 1.28. The summed E-state index contributed by atoms with van der Waals surface area (Å²) in [5.74, 6) is 0. The maximum Gasteiger partial charge on any atom is 0.159 e. The average Bonchev–Trinajstić information content (AvgIpc) is 2.89. The molecule has 2 aromatic rings. The van der Waals surface area contributed by atoms with E-state index in [4.69, 9.17) is 16.0 Å². The van der Waals surface area contributed by atoms with E-state index >= 15 is 0 Å². The number of halogens is 1. The van der Waals surface area contributed by atoms with Gasteiger partial charge in [0.1, 0.15) is 5.69 Å². The third-order valence-corrected chi connectivity index (χ3v) is 3.10. The molecule has 2 aromatic heterocycles. The Kier molecular flexibility index (Phi) is 2.07. The molecule has 0 radical (unpaired) electrons. The SMILES string of the molecule is CC1=CCc2c(-c3ccoc3)nnc(Cl)c21. The molecule has 0 spiro atoms. The summed E-state index contributed by atoms with van der Waals surface area (Å²) in [6, 6.07) is 1.88. The lowest BCUT2D eigenvalue weighted by atomic mass is 10.0. The van der Waals surface area contributed by atoms with Crippen molar-refractivity contribution in [3.8, 4) is 11.3 Å². The summed E-state index contributed by atoms with van der Waals surface area (Å²) in [7, 11) is 0. The molecule has 1 aliphatic rings. The highest BCUT2D eigenvalue weighted by molar-refractivity contribution is 6.31. The number of furan rings is 1. The molecule has 1 aliphatic carbocycles. The number of rotatable bonds is 1. The molecule has 0 bridgehead atoms. The van der Waals surface area contributed by atoms with Crippen LogP contribution in [-0.4, -0.2) is 10.2 Å². The Hall–Kier alpha value is -1.61. The molecule has 0 atom stereocenters. The van der Waals surface area contributed by atoms with Gasteiger partial charge < -0.3 is 4.42 Å². The molecule has 3 nitrogen and oxygen atoms in total. The molecule has 0 saturated heterocycles. The molecule has 0 amide bonds. The van der Waals surface area contributed by atoms with E-state index in [2.05, 4.69) is 16.3 Å². The van der Waals surface area contributed by atoms with Gasteiger partial charge in [0.25, 0.3) is 0 Å². The van der Waals surface area contributed by atoms with Crippen molar-refractivity contribution >= 4 is 17.2 Å². The van der Waals surface area contributed by atoms with Crippen molar-refractivity contribution in [3.63, 3.8) is 0 Å². The second kappa shape index (κ2) is 3.46. The fourth-order valence-corrected chi connectivity index (χ4v) is 2.34. The van der Waals surface area contributed by atoms with Crippen molar-refractivity contribution < 1.29 is 4.42 Å². The summed E-state index contributed by atoms with van der Waals surface area (Å²) in [6.45, 7) is 2.04. The van der Waals surface area contributed by atoms with Gasteiger partial charge in [-0.2, -0.15) is 0 Å². The minimum absolute atomic E-state index is 0.480. The van der Waals surface area contributed by atoms with Crippen LogP contribution in [0.2, 0.25) is 5.15 Å². The fraction of sp³-hybridized carbons (Fsp3) is 0.167. The normalized spacial score (nSPS) is 13.8. The van der Waals surface area contributed by atoms with Gasteiger partial charge in [-0.3, -0.25) is 0 Å². The Balaban J connectivity index is 2.25. The van der Waals surface area contributed by atoms with Crippen molar-refractivity contribution in [3.05, 3.63) is 40.9 Å². The van der Waals surface area contributed by atoms with Crippen LogP contribution in [0.5, 0.6) is 0 Å². The quantitative estimate of drug-likeness (QED) is 0.757. The number of aromatic nitrogens is 2. The van der Waals surface area contributed by atoms with E-state index in [1.807, 2.05) is 13.0 Å². The Morgan fingerprint density at radius 1 is 1.38 bits per heavy atom. The van der Waals surface area contributed by atoms with Gasteiger partial charge in [-0.15, -0.1) is 10.2 Å². The van der Waals surface area contributed by atoms with E-state index in [1.54, 1.807) is 12.5 Å². The van der Waals surface area contributed by atoms with Gasteiger partial charge in [0.05, 0.1) is 12.5 Å². The van der Waals surface area contributed by atoms with Gasteiger partial charge >= 0.3 is 0 Å². The van der Waals surface area contributed by atoms with Crippen LogP contribution in [0.25, 0.3) is 16.8 Å². The molecule has 0 N–H and O–H groups in total. The van der Waals surface area contributed by atoms with Crippen LogP contribution in [0.1, 0.15) is 18.1 Å². The molecular formula is C12H9ClN2O. The highest BCUT2D eigenvalue weighted by Gasteiger charge is 2.21. The Morgan fingerprint density at radius 3 is 3.00 bits per heavy atom. The zero-order chi connectivity index (χ0) is 11.1. The van der Waals surface area contributed by atoms with Gasteiger partial charge in [0.15, 0.2) is 5.15 Å². The number of nitrogens with zero attached hydrogens (tertiary/aromatic N) is 2. The predicted octanol–water partition coefficient (Wildman–Crippen LogP) is 3.35. The predicted molar refractivity (Wildman–Crippen MR) is 62.1 cm³/mol. The van der Waals surface area contributed by atoms with Gasteiger partial charge in [-0.25, -0.2) is 0 Å². The Labute approximate surface area is 97.8 Å². The van der Waals surface area contributed by atoms with Gasteiger partial charge in [0, 0.05) is 11.1 Å². The number of allylic oxidation sites excluding steroid dienone is 2. The molecule has 4 heteroatoms. The average molecular weight is 233 g/mol. The zero-order valence-electron chi connectivity index (χ0n) is 8.70. The molecular weight excluding hydrogens is 224 g/mol. The van der Waals surface area contributed by atoms with E-state index in [9.17, 15) is 0 Å². The maximum absolute atomic E-state index is 6.06. The lowest BCUT2D eigenvalue weighted by Gasteiger charge is -2.06. The van der Waals surface area contributed by atoms with Crippen LogP contribution in [0.4, 0.5) is 0 Å². The van der Waals surface area contributed by atoms with Gasteiger partial charge in [-0.1, -0.05) is 17.7 Å². The van der Waals surface area contributed by atoms with Crippen molar-refractivity contribution in [2.24, 2.45) is 0 Å². The van der Waals surface area contributed by atoms with Crippen LogP contribution in [0.15, 0.2) is 29.1 Å². The molecule has 3 rings (SSSR count). The van der Waals surface area contributed by atoms with E-state index in [1.165, 1.54) is 5.57 Å². The molecule has 0 unspecified atom stereocenters. The smallest absolute Gasteiger partial charge is 0.159 e. The topological polar surface area (TPSA) is 38.9 Å². The highest BCUT2D eigenvalue weighted by Crippen LogP contribution is 2.36. The van der Waals surface area contributed by atoms with E-state index in [-0.39, 0.29) is 0 Å². The highest BCUT2D eigenvalue weighted by atomic mass is 35.5. The lowest BCUT2D eigenvalue weighted by molar-refractivity contribution is 0.568. The van der Waals surface area contributed by atoms with Gasteiger partial charge in [-0.05, 0) is 30.5 Å². The monoisotopic (exact) mass is 232 g/mol. The first kappa shape index (κ1) is 9.60. The molecule has 0 fully saturated rings. The minimum atomic E-state index is 0.480. The fourth-order valence-electron chi connectivity index (χ4n) is 2.03. The maximum atomic E-state index is 6.06. The number of hydrogen-bond donors (Lipinski definition) is 0. The molecule has 80 valence electrons.